The number of hydrogen-bond acceptors (Lipinski definition) is 5. The Morgan fingerprint density at radius 3 is 2.50 bits per heavy atom. The Hall–Kier alpha value is -1.40. The maximum atomic E-state index is 12.2. The number of amides is 1. The molecule has 0 unspecified atom stereocenters. The lowest BCUT2D eigenvalue weighted by molar-refractivity contribution is -0.116. The van der Waals surface area contributed by atoms with E-state index in [1.54, 1.807) is 4.90 Å². The van der Waals surface area contributed by atoms with E-state index in [0.717, 1.165) is 31.2 Å². The molecule has 1 aliphatic rings. The second-order valence-corrected chi connectivity index (χ2v) is 7.00. The van der Waals surface area contributed by atoms with Crippen LogP contribution in [0.25, 0.3) is 0 Å². The van der Waals surface area contributed by atoms with Crippen LogP contribution in [0.5, 0.6) is 0 Å². The van der Waals surface area contributed by atoms with Gasteiger partial charge in [0.15, 0.2) is 0 Å². The third-order valence-electron chi connectivity index (χ3n) is 3.77. The maximum absolute atomic E-state index is 12.2. The van der Waals surface area contributed by atoms with Crippen molar-refractivity contribution in [2.75, 3.05) is 33.1 Å². The van der Waals surface area contributed by atoms with Crippen molar-refractivity contribution in [3.63, 3.8) is 0 Å². The number of rotatable bonds is 4. The van der Waals surface area contributed by atoms with Gasteiger partial charge in [-0.05, 0) is 45.3 Å². The van der Waals surface area contributed by atoms with Gasteiger partial charge in [-0.3, -0.25) is 4.79 Å². The van der Waals surface area contributed by atoms with Crippen LogP contribution in [0.2, 0.25) is 0 Å². The molecule has 0 radical (unpaired) electrons. The third-order valence-corrected chi connectivity index (χ3v) is 4.98. The summed E-state index contributed by atoms with van der Waals surface area (Å²) in [4.78, 5) is 27.3. The number of thiophene rings is 1. The molecule has 1 N–H and O–H groups in total. The van der Waals surface area contributed by atoms with E-state index in [0.29, 0.717) is 17.1 Å². The summed E-state index contributed by atoms with van der Waals surface area (Å²) in [6.07, 6.45) is 6.51. The van der Waals surface area contributed by atoms with Crippen molar-refractivity contribution in [2.45, 2.75) is 38.5 Å². The monoisotopic (exact) mass is 324 g/mol. The summed E-state index contributed by atoms with van der Waals surface area (Å²) in [6.45, 7) is 0.295. The number of fused-ring (bicyclic) bond motifs is 1. The highest BCUT2D eigenvalue weighted by Gasteiger charge is 2.25. The fourth-order valence-electron chi connectivity index (χ4n) is 2.78. The number of hydrogen-bond donors (Lipinski definition) is 1. The van der Waals surface area contributed by atoms with Gasteiger partial charge in [-0.2, -0.15) is 0 Å². The van der Waals surface area contributed by atoms with Gasteiger partial charge < -0.3 is 15.0 Å². The summed E-state index contributed by atoms with van der Waals surface area (Å²) < 4.78 is 4.94. The van der Waals surface area contributed by atoms with E-state index >= 15 is 0 Å². The molecule has 1 heterocycles. The van der Waals surface area contributed by atoms with Gasteiger partial charge in [-0.15, -0.1) is 11.3 Å². The van der Waals surface area contributed by atoms with Crippen LogP contribution in [0.15, 0.2) is 0 Å². The lowest BCUT2D eigenvalue weighted by Crippen LogP contribution is -2.27. The van der Waals surface area contributed by atoms with Gasteiger partial charge in [0.05, 0.1) is 19.2 Å². The van der Waals surface area contributed by atoms with Crippen molar-refractivity contribution < 1.29 is 14.3 Å². The first-order chi connectivity index (χ1) is 10.5. The Labute approximate surface area is 135 Å². The number of carbonyl (C=O) groups excluding carboxylic acids is 2. The van der Waals surface area contributed by atoms with E-state index in [9.17, 15) is 9.59 Å². The van der Waals surface area contributed by atoms with E-state index in [1.807, 2.05) is 14.1 Å². The fourth-order valence-corrected chi connectivity index (χ4v) is 4.07. The van der Waals surface area contributed by atoms with Crippen LogP contribution >= 0.6 is 11.3 Å². The first-order valence-corrected chi connectivity index (χ1v) is 8.52. The Bertz CT molecular complexity index is 552. The highest BCUT2D eigenvalue weighted by atomic mass is 32.1. The fraction of sp³-hybridized carbons (Fsp3) is 0.625. The molecule has 0 aromatic carbocycles. The summed E-state index contributed by atoms with van der Waals surface area (Å²) >= 11 is 1.53. The van der Waals surface area contributed by atoms with Gasteiger partial charge in [-0.25, -0.2) is 4.79 Å². The van der Waals surface area contributed by atoms with Gasteiger partial charge >= 0.3 is 5.97 Å². The highest BCUT2D eigenvalue weighted by Crippen LogP contribution is 2.37. The zero-order valence-corrected chi connectivity index (χ0v) is 14.3. The van der Waals surface area contributed by atoms with Crippen LogP contribution in [-0.4, -0.2) is 44.5 Å². The van der Waals surface area contributed by atoms with Gasteiger partial charge in [0.25, 0.3) is 0 Å². The Balaban J connectivity index is 2.33. The molecule has 0 fully saturated rings. The predicted molar refractivity (Wildman–Crippen MR) is 88.7 cm³/mol. The number of esters is 1. The summed E-state index contributed by atoms with van der Waals surface area (Å²) in [6, 6.07) is 0. The number of anilines is 1. The predicted octanol–water partition coefficient (Wildman–Crippen LogP) is 2.69. The number of nitrogens with zero attached hydrogens (tertiary/aromatic N) is 1. The van der Waals surface area contributed by atoms with Crippen molar-refractivity contribution in [1.82, 2.24) is 4.90 Å². The van der Waals surface area contributed by atoms with Gasteiger partial charge in [0.2, 0.25) is 5.91 Å². The van der Waals surface area contributed by atoms with E-state index in [1.165, 1.54) is 36.2 Å². The smallest absolute Gasteiger partial charge is 0.341 e. The molecular weight excluding hydrogens is 300 g/mol. The number of carbonyl (C=O) groups is 2. The van der Waals surface area contributed by atoms with E-state index < -0.39 is 0 Å². The van der Waals surface area contributed by atoms with Crippen molar-refractivity contribution in [1.29, 1.82) is 0 Å². The quantitative estimate of drug-likeness (QED) is 0.865. The molecule has 0 saturated heterocycles. The van der Waals surface area contributed by atoms with Crippen LogP contribution < -0.4 is 5.32 Å². The second kappa shape index (κ2) is 7.74. The molecule has 6 heteroatoms. The Kier molecular flexibility index (Phi) is 5.97. The van der Waals surface area contributed by atoms with E-state index in [2.05, 4.69) is 5.32 Å². The topological polar surface area (TPSA) is 58.6 Å². The number of ether oxygens (including phenoxy) is 1. The first kappa shape index (κ1) is 17.0. The van der Waals surface area contributed by atoms with Crippen LogP contribution in [0.3, 0.4) is 0 Å². The minimum atomic E-state index is -0.349. The molecule has 5 nitrogen and oxygen atoms in total. The summed E-state index contributed by atoms with van der Waals surface area (Å²) in [5, 5.41) is 3.54. The standard InChI is InChI=1S/C16H24N2O3S/c1-18(2)10-13(19)17-15-14(16(20)21-3)11-8-6-4-5-7-9-12(11)22-15/h4-10H2,1-3H3,(H,17,19). The Morgan fingerprint density at radius 1 is 1.18 bits per heavy atom. The average Bonchev–Trinajstić information content (AvgIpc) is 2.74. The van der Waals surface area contributed by atoms with Gasteiger partial charge in [0.1, 0.15) is 5.00 Å². The molecular formula is C16H24N2O3S. The van der Waals surface area contributed by atoms with Crippen LogP contribution in [0, 0.1) is 0 Å². The molecule has 122 valence electrons. The molecule has 0 bridgehead atoms. The maximum Gasteiger partial charge on any atom is 0.341 e. The molecule has 0 saturated carbocycles. The van der Waals surface area contributed by atoms with Gasteiger partial charge in [-0.1, -0.05) is 12.8 Å². The van der Waals surface area contributed by atoms with Crippen molar-refractivity contribution in [3.05, 3.63) is 16.0 Å². The third kappa shape index (κ3) is 4.08. The van der Waals surface area contributed by atoms with Crippen LogP contribution in [0.1, 0.15) is 46.5 Å². The molecule has 1 amide bonds. The average molecular weight is 324 g/mol. The second-order valence-electron chi connectivity index (χ2n) is 5.90. The van der Waals surface area contributed by atoms with Gasteiger partial charge in [0, 0.05) is 4.88 Å². The molecule has 22 heavy (non-hydrogen) atoms. The number of aryl methyl sites for hydroxylation is 1. The van der Waals surface area contributed by atoms with E-state index in [4.69, 9.17) is 4.74 Å². The van der Waals surface area contributed by atoms with Crippen LogP contribution in [-0.2, 0) is 22.4 Å². The van der Waals surface area contributed by atoms with Crippen molar-refractivity contribution in [3.8, 4) is 0 Å². The molecule has 2 rings (SSSR count). The molecule has 0 atom stereocenters. The molecule has 1 aromatic heterocycles. The highest BCUT2D eigenvalue weighted by molar-refractivity contribution is 7.17. The minimum absolute atomic E-state index is 0.107. The van der Waals surface area contributed by atoms with E-state index in [-0.39, 0.29) is 11.9 Å². The normalized spacial score (nSPS) is 14.9. The molecule has 1 aliphatic carbocycles. The van der Waals surface area contributed by atoms with Crippen molar-refractivity contribution >= 4 is 28.2 Å². The summed E-state index contributed by atoms with van der Waals surface area (Å²) in [7, 11) is 5.07. The lowest BCUT2D eigenvalue weighted by Gasteiger charge is -2.11. The molecule has 1 aromatic rings. The zero-order chi connectivity index (χ0) is 16.1. The number of likely N-dealkylation sites (N-methyl/N-ethyl adjacent to an activating group) is 1. The summed E-state index contributed by atoms with van der Waals surface area (Å²) in [5.41, 5.74) is 1.65. The Morgan fingerprint density at radius 2 is 1.86 bits per heavy atom. The minimum Gasteiger partial charge on any atom is -0.465 e. The SMILES string of the molecule is COC(=O)c1c(NC(=O)CN(C)C)sc2c1CCCCCC2. The molecule has 0 spiro atoms. The molecule has 0 aliphatic heterocycles. The zero-order valence-electron chi connectivity index (χ0n) is 13.5. The largest absolute Gasteiger partial charge is 0.465 e. The van der Waals surface area contributed by atoms with Crippen LogP contribution in [0.4, 0.5) is 5.00 Å². The van der Waals surface area contributed by atoms with Crippen molar-refractivity contribution in [2.24, 2.45) is 0 Å². The first-order valence-electron chi connectivity index (χ1n) is 7.70. The number of nitrogens with one attached hydrogen (secondary N) is 1. The summed E-state index contributed by atoms with van der Waals surface area (Å²) in [5.74, 6) is -0.456. The number of methoxy groups -OCH3 is 1. The lowest BCUT2D eigenvalue weighted by atomic mass is 9.96.